The monoisotopic (exact) mass is 387 g/mol. The Morgan fingerprint density at radius 2 is 2.15 bits per heavy atom. The molecular formula is C18H24F3N3O3. The molecule has 2 N–H and O–H groups in total. The van der Waals surface area contributed by atoms with E-state index in [0.717, 1.165) is 38.4 Å². The van der Waals surface area contributed by atoms with Crippen molar-refractivity contribution in [1.82, 2.24) is 15.6 Å². The predicted molar refractivity (Wildman–Crippen MR) is 91.3 cm³/mol. The Kier molecular flexibility index (Phi) is 5.24. The van der Waals surface area contributed by atoms with E-state index >= 15 is 0 Å². The Bertz CT molecular complexity index is 690. The van der Waals surface area contributed by atoms with E-state index in [-0.39, 0.29) is 29.9 Å². The maximum absolute atomic E-state index is 12.7. The van der Waals surface area contributed by atoms with Crippen molar-refractivity contribution in [3.63, 3.8) is 0 Å². The number of aromatic nitrogens is 1. The molecule has 2 fully saturated rings. The van der Waals surface area contributed by atoms with Gasteiger partial charge in [0.25, 0.3) is 5.88 Å². The van der Waals surface area contributed by atoms with Crippen LogP contribution in [0.4, 0.5) is 13.2 Å². The summed E-state index contributed by atoms with van der Waals surface area (Å²) in [6.07, 6.45) is -0.493. The summed E-state index contributed by atoms with van der Waals surface area (Å²) in [6, 6.07) is 2.55. The first-order valence-electron chi connectivity index (χ1n) is 8.97. The van der Waals surface area contributed by atoms with Crippen molar-refractivity contribution in [2.75, 3.05) is 19.7 Å². The molecule has 1 aromatic rings. The lowest BCUT2D eigenvalue weighted by Gasteiger charge is -2.35. The summed E-state index contributed by atoms with van der Waals surface area (Å²) < 4.78 is 46.8. The summed E-state index contributed by atoms with van der Waals surface area (Å²) in [5, 5.41) is 6.47. The molecule has 27 heavy (non-hydrogen) atoms. The van der Waals surface area contributed by atoms with E-state index < -0.39 is 17.5 Å². The van der Waals surface area contributed by atoms with Gasteiger partial charge < -0.3 is 20.1 Å². The number of hydrogen-bond acceptors (Lipinski definition) is 5. The van der Waals surface area contributed by atoms with E-state index in [1.807, 2.05) is 0 Å². The summed E-state index contributed by atoms with van der Waals surface area (Å²) >= 11 is 0. The number of carbonyl (C=O) groups is 1. The highest BCUT2D eigenvalue weighted by Crippen LogP contribution is 2.50. The molecule has 1 aromatic heterocycles. The van der Waals surface area contributed by atoms with Gasteiger partial charge in [-0.25, -0.2) is 4.98 Å². The number of hydrogen-bond donors (Lipinski definition) is 2. The molecule has 150 valence electrons. The van der Waals surface area contributed by atoms with E-state index in [2.05, 4.69) is 20.4 Å². The fraction of sp³-hybridized carbons (Fsp3) is 0.667. The normalized spacial score (nSPS) is 21.6. The van der Waals surface area contributed by atoms with Crippen molar-refractivity contribution in [2.45, 2.75) is 45.5 Å². The second-order valence-corrected chi connectivity index (χ2v) is 7.88. The van der Waals surface area contributed by atoms with Crippen molar-refractivity contribution >= 4 is 5.91 Å². The minimum atomic E-state index is -4.85. The van der Waals surface area contributed by atoms with Gasteiger partial charge in [0.1, 0.15) is 6.61 Å². The van der Waals surface area contributed by atoms with Gasteiger partial charge in [0, 0.05) is 24.2 Å². The molecule has 2 heterocycles. The smallest absolute Gasteiger partial charge is 0.474 e. The molecule has 1 amide bonds. The van der Waals surface area contributed by atoms with Crippen LogP contribution in [0.1, 0.15) is 33.1 Å². The van der Waals surface area contributed by atoms with Gasteiger partial charge in [-0.15, -0.1) is 13.2 Å². The molecule has 1 spiro atoms. The zero-order chi connectivity index (χ0) is 19.7. The SMILES string of the molecule is CC(C)(COc1ncccc1OC(F)(F)F)C(=O)NC1CCNCC12CC2. The van der Waals surface area contributed by atoms with Crippen LogP contribution in [0.5, 0.6) is 11.6 Å². The second-order valence-electron chi connectivity index (χ2n) is 7.88. The largest absolute Gasteiger partial charge is 0.573 e. The van der Waals surface area contributed by atoms with Gasteiger partial charge in [0.05, 0.1) is 5.41 Å². The third-order valence-electron chi connectivity index (χ3n) is 5.17. The Balaban J connectivity index is 1.60. The average molecular weight is 387 g/mol. The van der Waals surface area contributed by atoms with Crippen LogP contribution < -0.4 is 20.1 Å². The van der Waals surface area contributed by atoms with Crippen LogP contribution in [0.2, 0.25) is 0 Å². The van der Waals surface area contributed by atoms with Crippen molar-refractivity contribution in [1.29, 1.82) is 0 Å². The molecule has 0 bridgehead atoms. The third-order valence-corrected chi connectivity index (χ3v) is 5.17. The number of ether oxygens (including phenoxy) is 2. The lowest BCUT2D eigenvalue weighted by Crippen LogP contribution is -2.54. The number of rotatable bonds is 6. The molecule has 3 rings (SSSR count). The summed E-state index contributed by atoms with van der Waals surface area (Å²) in [7, 11) is 0. The second kappa shape index (κ2) is 7.18. The number of carbonyl (C=O) groups excluding carboxylic acids is 1. The predicted octanol–water partition coefficient (Wildman–Crippen LogP) is 2.64. The van der Waals surface area contributed by atoms with Crippen molar-refractivity contribution in [3.05, 3.63) is 18.3 Å². The highest BCUT2D eigenvalue weighted by molar-refractivity contribution is 5.82. The number of nitrogens with zero attached hydrogens (tertiary/aromatic N) is 1. The third kappa shape index (κ3) is 4.82. The quantitative estimate of drug-likeness (QED) is 0.785. The maximum atomic E-state index is 12.7. The van der Waals surface area contributed by atoms with Crippen molar-refractivity contribution < 1.29 is 27.4 Å². The molecule has 1 aliphatic heterocycles. The van der Waals surface area contributed by atoms with Crippen LogP contribution >= 0.6 is 0 Å². The van der Waals surface area contributed by atoms with Crippen LogP contribution in [0.3, 0.4) is 0 Å². The number of piperidine rings is 1. The van der Waals surface area contributed by atoms with E-state index in [1.165, 1.54) is 12.3 Å². The molecule has 1 saturated carbocycles. The average Bonchev–Trinajstić information content (AvgIpc) is 3.35. The highest BCUT2D eigenvalue weighted by atomic mass is 19.4. The highest BCUT2D eigenvalue weighted by Gasteiger charge is 2.51. The summed E-state index contributed by atoms with van der Waals surface area (Å²) in [5.74, 6) is -1.01. The van der Waals surface area contributed by atoms with E-state index in [1.54, 1.807) is 13.8 Å². The van der Waals surface area contributed by atoms with Crippen LogP contribution in [-0.2, 0) is 4.79 Å². The molecule has 1 saturated heterocycles. The lowest BCUT2D eigenvalue weighted by molar-refractivity contribution is -0.275. The first-order chi connectivity index (χ1) is 12.6. The molecule has 1 unspecified atom stereocenters. The van der Waals surface area contributed by atoms with Crippen LogP contribution in [0, 0.1) is 10.8 Å². The minimum Gasteiger partial charge on any atom is -0.474 e. The van der Waals surface area contributed by atoms with Gasteiger partial charge in [-0.1, -0.05) is 0 Å². The Hall–Kier alpha value is -2.03. The van der Waals surface area contributed by atoms with Crippen LogP contribution in [-0.4, -0.2) is 43.0 Å². The lowest BCUT2D eigenvalue weighted by atomic mass is 9.87. The fourth-order valence-electron chi connectivity index (χ4n) is 3.28. The summed E-state index contributed by atoms with van der Waals surface area (Å²) in [5.41, 5.74) is -0.784. The molecular weight excluding hydrogens is 363 g/mol. The zero-order valence-corrected chi connectivity index (χ0v) is 15.4. The number of nitrogens with one attached hydrogen (secondary N) is 2. The fourth-order valence-corrected chi connectivity index (χ4v) is 3.28. The van der Waals surface area contributed by atoms with Gasteiger partial charge in [0.15, 0.2) is 5.75 Å². The number of alkyl halides is 3. The first kappa shape index (κ1) is 19.7. The van der Waals surface area contributed by atoms with Gasteiger partial charge in [-0.2, -0.15) is 0 Å². The molecule has 6 nitrogen and oxygen atoms in total. The van der Waals surface area contributed by atoms with E-state index in [0.29, 0.717) is 0 Å². The topological polar surface area (TPSA) is 72.5 Å². The van der Waals surface area contributed by atoms with Crippen LogP contribution in [0.15, 0.2) is 18.3 Å². The molecule has 1 aliphatic carbocycles. The van der Waals surface area contributed by atoms with Crippen molar-refractivity contribution in [3.8, 4) is 11.6 Å². The van der Waals surface area contributed by atoms with Crippen molar-refractivity contribution in [2.24, 2.45) is 10.8 Å². The van der Waals surface area contributed by atoms with Gasteiger partial charge in [-0.05, 0) is 51.8 Å². The first-order valence-corrected chi connectivity index (χ1v) is 8.97. The molecule has 2 aliphatic rings. The zero-order valence-electron chi connectivity index (χ0n) is 15.4. The van der Waals surface area contributed by atoms with Gasteiger partial charge in [0.2, 0.25) is 5.91 Å². The van der Waals surface area contributed by atoms with Gasteiger partial charge in [-0.3, -0.25) is 4.79 Å². The van der Waals surface area contributed by atoms with Gasteiger partial charge >= 0.3 is 6.36 Å². The molecule has 0 radical (unpaired) electrons. The summed E-state index contributed by atoms with van der Waals surface area (Å²) in [6.45, 7) is 5.02. The Morgan fingerprint density at radius 1 is 1.41 bits per heavy atom. The Morgan fingerprint density at radius 3 is 2.81 bits per heavy atom. The van der Waals surface area contributed by atoms with E-state index in [4.69, 9.17) is 4.74 Å². The summed E-state index contributed by atoms with van der Waals surface area (Å²) in [4.78, 5) is 16.5. The number of amides is 1. The maximum Gasteiger partial charge on any atom is 0.573 e. The number of halogens is 3. The van der Waals surface area contributed by atoms with Crippen LogP contribution in [0.25, 0.3) is 0 Å². The standard InChI is InChI=1S/C18H24F3N3O3/c1-16(2,15(25)24-13-5-9-22-10-17(13)6-7-17)11-26-14-12(4-3-8-23-14)27-18(19,20)21/h3-4,8,13,22H,5-7,9-11H2,1-2H3,(H,24,25). The molecule has 9 heteroatoms. The molecule has 1 atom stereocenters. The molecule has 0 aromatic carbocycles. The number of pyridine rings is 1. The minimum absolute atomic E-state index is 0.115. The van der Waals surface area contributed by atoms with E-state index in [9.17, 15) is 18.0 Å². The Labute approximate surface area is 155 Å².